The molecule has 1 amide bonds. The number of rotatable bonds is 6. The molecule has 2 aliphatic rings. The van der Waals surface area contributed by atoms with Crippen LogP contribution < -0.4 is 19.5 Å². The molecule has 7 heteroatoms. The molecule has 2 aliphatic heterocycles. The van der Waals surface area contributed by atoms with Crippen molar-refractivity contribution in [3.05, 3.63) is 17.7 Å². The van der Waals surface area contributed by atoms with Gasteiger partial charge in [-0.05, 0) is 17.7 Å². The summed E-state index contributed by atoms with van der Waals surface area (Å²) in [4.78, 5) is 16.7. The number of hydrogen-bond acceptors (Lipinski definition) is 6. The van der Waals surface area contributed by atoms with E-state index in [0.29, 0.717) is 23.2 Å². The average Bonchev–Trinajstić information content (AvgIpc) is 2.59. The van der Waals surface area contributed by atoms with Crippen molar-refractivity contribution in [3.8, 4) is 17.2 Å². The molecule has 0 saturated carbocycles. The molecule has 3 rings (SSSR count). The molecule has 2 fully saturated rings. The Morgan fingerprint density at radius 2 is 1.64 bits per heavy atom. The summed E-state index contributed by atoms with van der Waals surface area (Å²) in [6, 6.07) is 3.97. The number of methoxy groups -OCH3 is 3. The minimum absolute atomic E-state index is 0.182. The quantitative estimate of drug-likeness (QED) is 0.810. The van der Waals surface area contributed by atoms with E-state index in [1.807, 2.05) is 17.0 Å². The van der Waals surface area contributed by atoms with Crippen LogP contribution in [-0.2, 0) is 11.3 Å². The van der Waals surface area contributed by atoms with Gasteiger partial charge in [0.05, 0.1) is 27.2 Å². The first-order chi connectivity index (χ1) is 12.2. The fraction of sp³-hybridized carbons (Fsp3) is 0.611. The molecule has 0 aliphatic carbocycles. The van der Waals surface area contributed by atoms with Gasteiger partial charge in [0, 0.05) is 45.8 Å². The highest BCUT2D eigenvalue weighted by atomic mass is 16.5. The number of piperazine rings is 1. The van der Waals surface area contributed by atoms with Crippen LogP contribution in [0, 0.1) is 5.92 Å². The molecule has 0 bridgehead atoms. The summed E-state index contributed by atoms with van der Waals surface area (Å²) in [6.45, 7) is 5.78. The number of nitrogens with one attached hydrogen (secondary N) is 1. The molecule has 25 heavy (non-hydrogen) atoms. The first kappa shape index (κ1) is 17.8. The van der Waals surface area contributed by atoms with Crippen LogP contribution in [0.25, 0.3) is 0 Å². The van der Waals surface area contributed by atoms with E-state index in [-0.39, 0.29) is 5.92 Å². The van der Waals surface area contributed by atoms with Gasteiger partial charge in [-0.25, -0.2) is 0 Å². The zero-order valence-electron chi connectivity index (χ0n) is 15.2. The number of benzene rings is 1. The fourth-order valence-corrected chi connectivity index (χ4v) is 3.33. The van der Waals surface area contributed by atoms with Crippen LogP contribution in [0.3, 0.4) is 0 Å². The third-order valence-electron chi connectivity index (χ3n) is 4.95. The number of carbonyl (C=O) groups excluding carboxylic acids is 1. The molecule has 0 spiro atoms. The van der Waals surface area contributed by atoms with Crippen LogP contribution in [0.15, 0.2) is 12.1 Å². The summed E-state index contributed by atoms with van der Waals surface area (Å²) in [7, 11) is 4.86. The van der Waals surface area contributed by atoms with Gasteiger partial charge in [-0.15, -0.1) is 0 Å². The van der Waals surface area contributed by atoms with Gasteiger partial charge in [0.1, 0.15) is 0 Å². The summed E-state index contributed by atoms with van der Waals surface area (Å²) >= 11 is 0. The van der Waals surface area contributed by atoms with Crippen LogP contribution in [0.5, 0.6) is 17.2 Å². The van der Waals surface area contributed by atoms with Gasteiger partial charge in [-0.2, -0.15) is 0 Å². The lowest BCUT2D eigenvalue weighted by Crippen LogP contribution is -2.56. The summed E-state index contributed by atoms with van der Waals surface area (Å²) in [5.41, 5.74) is 1.11. The fourth-order valence-electron chi connectivity index (χ4n) is 3.33. The second kappa shape index (κ2) is 7.93. The average molecular weight is 349 g/mol. The van der Waals surface area contributed by atoms with E-state index in [9.17, 15) is 4.79 Å². The third-order valence-corrected chi connectivity index (χ3v) is 4.95. The molecule has 7 nitrogen and oxygen atoms in total. The van der Waals surface area contributed by atoms with Crippen molar-refractivity contribution < 1.29 is 19.0 Å². The Morgan fingerprint density at radius 1 is 1.04 bits per heavy atom. The van der Waals surface area contributed by atoms with Crippen molar-refractivity contribution in [1.29, 1.82) is 0 Å². The maximum absolute atomic E-state index is 12.3. The minimum Gasteiger partial charge on any atom is -0.493 e. The lowest BCUT2D eigenvalue weighted by atomic mass is 10.0. The van der Waals surface area contributed by atoms with Crippen LogP contribution in [0.4, 0.5) is 0 Å². The Bertz CT molecular complexity index is 585. The SMILES string of the molecule is COc1cc(CN2CCN(C(=O)C3CNC3)CC2)cc(OC)c1OC. The van der Waals surface area contributed by atoms with E-state index in [4.69, 9.17) is 14.2 Å². The van der Waals surface area contributed by atoms with Gasteiger partial charge in [0.2, 0.25) is 11.7 Å². The number of carbonyl (C=O) groups is 1. The molecular formula is C18H27N3O4. The molecule has 0 atom stereocenters. The Hall–Kier alpha value is -1.99. The molecule has 1 N–H and O–H groups in total. The van der Waals surface area contributed by atoms with Gasteiger partial charge in [0.15, 0.2) is 11.5 Å². The summed E-state index contributed by atoms with van der Waals surface area (Å²) in [5, 5.41) is 3.16. The standard InChI is InChI=1S/C18H27N3O4/c1-23-15-8-13(9-16(24-2)17(15)25-3)12-20-4-6-21(7-5-20)18(22)14-10-19-11-14/h8-9,14,19H,4-7,10-12H2,1-3H3. The molecule has 0 radical (unpaired) electrons. The molecule has 2 heterocycles. The van der Waals surface area contributed by atoms with E-state index in [1.165, 1.54) is 0 Å². The van der Waals surface area contributed by atoms with Gasteiger partial charge >= 0.3 is 0 Å². The molecule has 0 aromatic heterocycles. The molecule has 0 unspecified atom stereocenters. The van der Waals surface area contributed by atoms with Gasteiger partial charge < -0.3 is 24.4 Å². The molecule has 1 aromatic carbocycles. The predicted molar refractivity (Wildman–Crippen MR) is 94.3 cm³/mol. The van der Waals surface area contributed by atoms with Gasteiger partial charge in [0.25, 0.3) is 0 Å². The number of ether oxygens (including phenoxy) is 3. The number of hydrogen-bond donors (Lipinski definition) is 1. The monoisotopic (exact) mass is 349 g/mol. The van der Waals surface area contributed by atoms with Crippen LogP contribution in [-0.4, -0.2) is 76.3 Å². The second-order valence-electron chi connectivity index (χ2n) is 6.49. The largest absolute Gasteiger partial charge is 0.493 e. The maximum Gasteiger partial charge on any atom is 0.228 e. The van der Waals surface area contributed by atoms with Gasteiger partial charge in [-0.1, -0.05) is 0 Å². The maximum atomic E-state index is 12.3. The van der Waals surface area contributed by atoms with E-state index in [0.717, 1.165) is 51.4 Å². The third kappa shape index (κ3) is 3.82. The van der Waals surface area contributed by atoms with E-state index < -0.39 is 0 Å². The van der Waals surface area contributed by atoms with E-state index >= 15 is 0 Å². The van der Waals surface area contributed by atoms with Crippen molar-refractivity contribution in [1.82, 2.24) is 15.1 Å². The first-order valence-corrected chi connectivity index (χ1v) is 8.67. The van der Waals surface area contributed by atoms with Crippen molar-refractivity contribution in [3.63, 3.8) is 0 Å². The van der Waals surface area contributed by atoms with Crippen molar-refractivity contribution in [2.75, 3.05) is 60.6 Å². The van der Waals surface area contributed by atoms with Crippen LogP contribution in [0.2, 0.25) is 0 Å². The smallest absolute Gasteiger partial charge is 0.228 e. The summed E-state index contributed by atoms with van der Waals surface area (Å²) in [6.07, 6.45) is 0. The summed E-state index contributed by atoms with van der Waals surface area (Å²) in [5.74, 6) is 2.43. The zero-order chi connectivity index (χ0) is 17.8. The van der Waals surface area contributed by atoms with E-state index in [2.05, 4.69) is 10.2 Å². The first-order valence-electron chi connectivity index (χ1n) is 8.67. The Labute approximate surface area is 148 Å². The van der Waals surface area contributed by atoms with Gasteiger partial charge in [-0.3, -0.25) is 9.69 Å². The highest BCUT2D eigenvalue weighted by Gasteiger charge is 2.31. The minimum atomic E-state index is 0.182. The summed E-state index contributed by atoms with van der Waals surface area (Å²) < 4.78 is 16.2. The highest BCUT2D eigenvalue weighted by Crippen LogP contribution is 2.38. The normalized spacial score (nSPS) is 18.6. The predicted octanol–water partition coefficient (Wildman–Crippen LogP) is 0.576. The molecule has 2 saturated heterocycles. The van der Waals surface area contributed by atoms with Crippen LogP contribution in [0.1, 0.15) is 5.56 Å². The Kier molecular flexibility index (Phi) is 5.65. The molecule has 1 aromatic rings. The molecular weight excluding hydrogens is 322 g/mol. The highest BCUT2D eigenvalue weighted by molar-refractivity contribution is 5.80. The number of nitrogens with zero attached hydrogens (tertiary/aromatic N) is 2. The second-order valence-corrected chi connectivity index (χ2v) is 6.49. The number of amides is 1. The van der Waals surface area contributed by atoms with E-state index in [1.54, 1.807) is 21.3 Å². The Morgan fingerprint density at radius 3 is 2.08 bits per heavy atom. The zero-order valence-corrected chi connectivity index (χ0v) is 15.2. The molecule has 138 valence electrons. The lowest BCUT2D eigenvalue weighted by Gasteiger charge is -2.38. The topological polar surface area (TPSA) is 63.3 Å². The lowest BCUT2D eigenvalue weighted by molar-refractivity contribution is -0.138. The van der Waals surface area contributed by atoms with Crippen molar-refractivity contribution in [2.45, 2.75) is 6.54 Å². The van der Waals surface area contributed by atoms with Crippen LogP contribution >= 0.6 is 0 Å². The van der Waals surface area contributed by atoms with Crippen molar-refractivity contribution in [2.24, 2.45) is 5.92 Å². The Balaban J connectivity index is 1.60. The van der Waals surface area contributed by atoms with Crippen molar-refractivity contribution >= 4 is 5.91 Å².